The number of phosphoric acid groups is 1. The second kappa shape index (κ2) is 54.4. The molecule has 3 aliphatic rings. The summed E-state index contributed by atoms with van der Waals surface area (Å²) in [5.41, 5.74) is 0. The third kappa shape index (κ3) is 37.6. The number of unbranched alkanes of at least 4 members (excludes halogenated alkanes) is 36. The number of allylic oxidation sites excluding steroid dienone is 2. The number of rotatable bonds is 59. The molecule has 0 bridgehead atoms. The van der Waals surface area contributed by atoms with E-state index in [1.54, 1.807) is 0 Å². The molecule has 18 unspecified atom stereocenters. The smallest absolute Gasteiger partial charge is 0.463 e. The lowest BCUT2D eigenvalue weighted by Crippen LogP contribution is -2.69. The molecule has 0 radical (unpaired) electrons. The van der Waals surface area contributed by atoms with E-state index in [0.29, 0.717) is 19.3 Å². The molecule has 3 fully saturated rings. The van der Waals surface area contributed by atoms with Gasteiger partial charge in [-0.3, -0.25) is 23.4 Å². The maximum absolute atomic E-state index is 14.3. The standard InChI is InChI=1S/C72H133O24P/c1-4-7-10-13-16-19-22-25-27-29-32-35-38-41-44-47-57(75)89-52-55-60(78)62(80)67(85)72(93-55)95-69-65(83)63(81)64(82)68(94-71-66(84)61(79)59(77)54(49-73)92-71)70(69)96-97(86,87)90-51-53(50-88-56(74)46-43-40-37-34-31-24-21-18-15-12-9-6-3)91-58(76)48-45-42-39-36-33-30-28-26-23-20-17-14-11-8-5-2/h20,23,53-55,59-73,77-85H,4-19,21-22,24-52H2,1-3H3,(H,86,87)/b23-20-. The van der Waals surface area contributed by atoms with Gasteiger partial charge in [-0.1, -0.05) is 245 Å². The number of hydrogen-bond donors (Lipinski definition) is 11. The van der Waals surface area contributed by atoms with Crippen LogP contribution < -0.4 is 0 Å². The first-order valence-corrected chi connectivity index (χ1v) is 39.5. The number of carbonyl (C=O) groups is 3. The van der Waals surface area contributed by atoms with Gasteiger partial charge in [-0.2, -0.15) is 0 Å². The van der Waals surface area contributed by atoms with Crippen LogP contribution in [0.2, 0.25) is 0 Å². The topological polar surface area (TPSA) is 374 Å². The van der Waals surface area contributed by atoms with Crippen LogP contribution in [-0.2, 0) is 61.2 Å². The fourth-order valence-electron chi connectivity index (χ4n) is 12.6. The summed E-state index contributed by atoms with van der Waals surface area (Å²) in [4.78, 5) is 51.0. The van der Waals surface area contributed by atoms with E-state index in [0.717, 1.165) is 116 Å². The van der Waals surface area contributed by atoms with Crippen LogP contribution in [0.3, 0.4) is 0 Å². The molecule has 2 aliphatic heterocycles. The summed E-state index contributed by atoms with van der Waals surface area (Å²) in [5, 5.41) is 110. The number of phosphoric ester groups is 1. The monoisotopic (exact) mass is 1410 g/mol. The van der Waals surface area contributed by atoms with Gasteiger partial charge < -0.3 is 89.1 Å². The van der Waals surface area contributed by atoms with Crippen LogP contribution in [0.15, 0.2) is 12.2 Å². The number of esters is 3. The third-order valence-corrected chi connectivity index (χ3v) is 19.8. The molecule has 570 valence electrons. The highest BCUT2D eigenvalue weighted by Gasteiger charge is 2.58. The summed E-state index contributed by atoms with van der Waals surface area (Å²) in [7, 11) is -5.69. The SMILES string of the molecule is CCCCCC/C=C\CCCCCCCCCC(=O)OC(COC(=O)CCCCCCCCCCCCCC)COP(=O)(O)OC1C(OC2OC(CO)C(O)C(O)C2O)C(O)C(O)C(O)C1OC1OC(COC(=O)CCCCCCCCCCCCCCCCC)C(O)C(O)C1O. The molecule has 97 heavy (non-hydrogen) atoms. The molecule has 0 aromatic rings. The van der Waals surface area contributed by atoms with E-state index < -0.39 is 156 Å². The van der Waals surface area contributed by atoms with Crippen molar-refractivity contribution in [1.82, 2.24) is 0 Å². The van der Waals surface area contributed by atoms with Gasteiger partial charge >= 0.3 is 25.7 Å². The highest BCUT2D eigenvalue weighted by atomic mass is 31.2. The van der Waals surface area contributed by atoms with Gasteiger partial charge in [0, 0.05) is 19.3 Å². The number of aliphatic hydroxyl groups is 10. The van der Waals surface area contributed by atoms with E-state index >= 15 is 0 Å². The zero-order valence-electron chi connectivity index (χ0n) is 59.4. The predicted octanol–water partition coefficient (Wildman–Crippen LogP) is 10.4. The van der Waals surface area contributed by atoms with Crippen molar-refractivity contribution in [3.8, 4) is 0 Å². The maximum atomic E-state index is 14.3. The zero-order chi connectivity index (χ0) is 71.1. The molecule has 24 nitrogen and oxygen atoms in total. The maximum Gasteiger partial charge on any atom is 0.472 e. The van der Waals surface area contributed by atoms with Crippen molar-refractivity contribution in [2.75, 3.05) is 26.4 Å². The summed E-state index contributed by atoms with van der Waals surface area (Å²) in [6.45, 7) is 3.44. The summed E-state index contributed by atoms with van der Waals surface area (Å²) in [6, 6.07) is 0. The van der Waals surface area contributed by atoms with Crippen molar-refractivity contribution < 1.29 is 117 Å². The second-order valence-electron chi connectivity index (χ2n) is 27.4. The second-order valence-corrected chi connectivity index (χ2v) is 28.8. The normalized spacial score (nSPS) is 27.8. The van der Waals surface area contributed by atoms with Gasteiger partial charge in [-0.05, 0) is 44.9 Å². The molecule has 25 heteroatoms. The molecular formula is C72H133O24P. The Hall–Kier alpha value is -2.30. The Morgan fingerprint density at radius 3 is 1.12 bits per heavy atom. The summed E-state index contributed by atoms with van der Waals surface area (Å²) >= 11 is 0. The van der Waals surface area contributed by atoms with Gasteiger partial charge in [0.25, 0.3) is 0 Å². The van der Waals surface area contributed by atoms with Crippen LogP contribution in [0.5, 0.6) is 0 Å². The quantitative estimate of drug-likeness (QED) is 0.00886. The summed E-state index contributed by atoms with van der Waals surface area (Å²) in [6.07, 6.45) is 12.7. The lowest BCUT2D eigenvalue weighted by atomic mass is 9.84. The van der Waals surface area contributed by atoms with Gasteiger partial charge in [0.05, 0.1) is 13.2 Å². The van der Waals surface area contributed by atoms with Crippen LogP contribution in [0, 0.1) is 0 Å². The Morgan fingerprint density at radius 2 is 0.722 bits per heavy atom. The van der Waals surface area contributed by atoms with Crippen LogP contribution >= 0.6 is 7.82 Å². The molecule has 3 rings (SSSR count). The summed E-state index contributed by atoms with van der Waals surface area (Å²) < 4.78 is 65.0. The first-order chi connectivity index (χ1) is 46.8. The minimum absolute atomic E-state index is 0.0326. The minimum atomic E-state index is -5.69. The molecule has 0 spiro atoms. The number of carbonyl (C=O) groups excluding carboxylic acids is 3. The molecule has 0 amide bonds. The molecule has 1 aliphatic carbocycles. The number of ether oxygens (including phenoxy) is 7. The van der Waals surface area contributed by atoms with Gasteiger partial charge in [-0.25, -0.2) is 4.57 Å². The first kappa shape index (κ1) is 88.9. The fourth-order valence-corrected chi connectivity index (χ4v) is 13.5. The van der Waals surface area contributed by atoms with Crippen LogP contribution in [-0.4, -0.2) is 204 Å². The van der Waals surface area contributed by atoms with E-state index in [1.165, 1.54) is 122 Å². The number of hydrogen-bond acceptors (Lipinski definition) is 23. The van der Waals surface area contributed by atoms with Gasteiger partial charge in [-0.15, -0.1) is 0 Å². The fraction of sp³-hybridized carbons (Fsp3) is 0.931. The Morgan fingerprint density at radius 1 is 0.392 bits per heavy atom. The Kier molecular flexibility index (Phi) is 49.8. The van der Waals surface area contributed by atoms with E-state index in [-0.39, 0.29) is 19.3 Å². The van der Waals surface area contributed by atoms with Gasteiger partial charge in [0.15, 0.2) is 18.7 Å². The van der Waals surface area contributed by atoms with E-state index in [4.69, 9.17) is 42.2 Å². The Labute approximate surface area is 580 Å². The zero-order valence-corrected chi connectivity index (χ0v) is 60.3. The lowest BCUT2D eigenvalue weighted by molar-refractivity contribution is -0.360. The van der Waals surface area contributed by atoms with E-state index in [9.17, 15) is 74.9 Å². The van der Waals surface area contributed by atoms with Crippen molar-refractivity contribution in [1.29, 1.82) is 0 Å². The first-order valence-electron chi connectivity index (χ1n) is 38.0. The molecule has 2 heterocycles. The van der Waals surface area contributed by atoms with Crippen molar-refractivity contribution >= 4 is 25.7 Å². The Bertz CT molecular complexity index is 2060. The molecule has 18 atom stereocenters. The average molecular weight is 1410 g/mol. The van der Waals surface area contributed by atoms with Crippen molar-refractivity contribution in [2.24, 2.45) is 0 Å². The van der Waals surface area contributed by atoms with Crippen LogP contribution in [0.1, 0.15) is 297 Å². The van der Waals surface area contributed by atoms with Crippen LogP contribution in [0.4, 0.5) is 0 Å². The minimum Gasteiger partial charge on any atom is -0.463 e. The molecule has 2 saturated heterocycles. The van der Waals surface area contributed by atoms with E-state index in [1.807, 2.05) is 0 Å². The van der Waals surface area contributed by atoms with Crippen molar-refractivity contribution in [2.45, 2.75) is 401 Å². The molecule has 0 aromatic carbocycles. The van der Waals surface area contributed by atoms with Crippen molar-refractivity contribution in [3.63, 3.8) is 0 Å². The molecule has 1 saturated carbocycles. The highest BCUT2D eigenvalue weighted by Crippen LogP contribution is 2.49. The summed E-state index contributed by atoms with van der Waals surface area (Å²) in [5.74, 6) is -1.98. The predicted molar refractivity (Wildman–Crippen MR) is 365 cm³/mol. The molecule has 11 N–H and O–H groups in total. The lowest BCUT2D eigenvalue weighted by Gasteiger charge is -2.49. The molecular weight excluding hydrogens is 1280 g/mol. The number of aliphatic hydroxyl groups excluding tert-OH is 10. The van der Waals surface area contributed by atoms with Gasteiger partial charge in [0.1, 0.15) is 98.7 Å². The Balaban J connectivity index is 1.73. The average Bonchev–Trinajstić information content (AvgIpc) is 0.865. The third-order valence-electron chi connectivity index (χ3n) is 18.8. The van der Waals surface area contributed by atoms with Gasteiger partial charge in [0.2, 0.25) is 0 Å². The van der Waals surface area contributed by atoms with E-state index in [2.05, 4.69) is 32.9 Å². The largest absolute Gasteiger partial charge is 0.472 e. The van der Waals surface area contributed by atoms with Crippen LogP contribution in [0.25, 0.3) is 0 Å². The molecule has 0 aromatic heterocycles. The highest BCUT2D eigenvalue weighted by molar-refractivity contribution is 7.47. The van der Waals surface area contributed by atoms with Crippen molar-refractivity contribution in [3.05, 3.63) is 12.2 Å².